The molecule has 4 rings (SSSR count). The van der Waals surface area contributed by atoms with Crippen molar-refractivity contribution >= 4 is 17.3 Å². The summed E-state index contributed by atoms with van der Waals surface area (Å²) in [5, 5.41) is 14.1. The Morgan fingerprint density at radius 3 is 3.10 bits per heavy atom. The summed E-state index contributed by atoms with van der Waals surface area (Å²) in [4.78, 5) is 13.7. The lowest BCUT2D eigenvalue weighted by Gasteiger charge is -2.32. The van der Waals surface area contributed by atoms with Gasteiger partial charge < -0.3 is 10.0 Å². The molecule has 1 saturated heterocycles. The minimum absolute atomic E-state index is 0.0101. The fourth-order valence-corrected chi connectivity index (χ4v) is 3.68. The molecular formula is C16H19N3O2. The van der Waals surface area contributed by atoms with Crippen LogP contribution in [0, 0.1) is 5.92 Å². The van der Waals surface area contributed by atoms with E-state index in [4.69, 9.17) is 0 Å². The van der Waals surface area contributed by atoms with E-state index in [9.17, 15) is 9.90 Å². The molecule has 1 amide bonds. The van der Waals surface area contributed by atoms with Crippen LogP contribution in [0.2, 0.25) is 0 Å². The molecule has 110 valence electrons. The SMILES string of the molecule is O=C1CC2Cc3cc(N4CCCC(O)C4)ccc3C2=NN1. The first-order valence-corrected chi connectivity index (χ1v) is 7.63. The Labute approximate surface area is 123 Å². The van der Waals surface area contributed by atoms with E-state index in [0.29, 0.717) is 13.0 Å². The number of hydrogen-bond acceptors (Lipinski definition) is 4. The summed E-state index contributed by atoms with van der Waals surface area (Å²) in [6, 6.07) is 6.43. The van der Waals surface area contributed by atoms with E-state index in [0.717, 1.165) is 31.5 Å². The molecule has 2 unspecified atom stereocenters. The first-order valence-electron chi connectivity index (χ1n) is 7.63. The highest BCUT2D eigenvalue weighted by Crippen LogP contribution is 2.34. The van der Waals surface area contributed by atoms with Crippen LogP contribution in [0.1, 0.15) is 30.4 Å². The number of amides is 1. The number of fused-ring (bicyclic) bond motifs is 3. The van der Waals surface area contributed by atoms with Crippen LogP contribution >= 0.6 is 0 Å². The number of benzene rings is 1. The predicted molar refractivity (Wildman–Crippen MR) is 80.4 cm³/mol. The molecule has 2 aliphatic heterocycles. The third-order valence-electron chi connectivity index (χ3n) is 4.71. The molecule has 3 aliphatic rings. The summed E-state index contributed by atoms with van der Waals surface area (Å²) in [5.74, 6) is 0.242. The van der Waals surface area contributed by atoms with Gasteiger partial charge in [0.05, 0.1) is 11.8 Å². The van der Waals surface area contributed by atoms with Gasteiger partial charge in [0.2, 0.25) is 5.91 Å². The Kier molecular flexibility index (Phi) is 2.96. The van der Waals surface area contributed by atoms with Gasteiger partial charge in [0.15, 0.2) is 0 Å². The van der Waals surface area contributed by atoms with E-state index in [1.54, 1.807) is 0 Å². The minimum atomic E-state index is -0.221. The molecule has 2 N–H and O–H groups in total. The first kappa shape index (κ1) is 12.8. The van der Waals surface area contributed by atoms with Crippen LogP contribution in [0.25, 0.3) is 0 Å². The Bertz CT molecular complexity index is 626. The maximum absolute atomic E-state index is 11.5. The lowest BCUT2D eigenvalue weighted by atomic mass is 9.99. The van der Waals surface area contributed by atoms with Crippen molar-refractivity contribution in [1.82, 2.24) is 5.43 Å². The summed E-state index contributed by atoms with van der Waals surface area (Å²) >= 11 is 0. The molecule has 5 nitrogen and oxygen atoms in total. The summed E-state index contributed by atoms with van der Waals surface area (Å²) < 4.78 is 0. The maximum atomic E-state index is 11.5. The molecule has 2 atom stereocenters. The van der Waals surface area contributed by atoms with E-state index in [2.05, 4.69) is 33.6 Å². The van der Waals surface area contributed by atoms with Gasteiger partial charge in [-0.1, -0.05) is 6.07 Å². The number of aliphatic hydroxyl groups excluding tert-OH is 1. The Hall–Kier alpha value is -1.88. The molecule has 0 bridgehead atoms. The molecule has 1 aromatic rings. The number of rotatable bonds is 1. The van der Waals surface area contributed by atoms with Crippen molar-refractivity contribution in [2.45, 2.75) is 31.8 Å². The molecule has 1 fully saturated rings. The van der Waals surface area contributed by atoms with Crippen LogP contribution in [0.3, 0.4) is 0 Å². The molecule has 1 aliphatic carbocycles. The quantitative estimate of drug-likeness (QED) is 0.810. The lowest BCUT2D eigenvalue weighted by Crippen LogP contribution is -2.38. The van der Waals surface area contributed by atoms with E-state index >= 15 is 0 Å². The summed E-state index contributed by atoms with van der Waals surface area (Å²) in [6.07, 6.45) is 3.14. The largest absolute Gasteiger partial charge is 0.391 e. The highest BCUT2D eigenvalue weighted by atomic mass is 16.3. The fraction of sp³-hybridized carbons (Fsp3) is 0.500. The number of carbonyl (C=O) groups is 1. The van der Waals surface area contributed by atoms with E-state index in [1.807, 2.05) is 0 Å². The maximum Gasteiger partial charge on any atom is 0.240 e. The molecule has 0 saturated carbocycles. The molecule has 5 heteroatoms. The van der Waals surface area contributed by atoms with Crippen LogP contribution in [0.15, 0.2) is 23.3 Å². The molecule has 1 aromatic carbocycles. The van der Waals surface area contributed by atoms with Gasteiger partial charge in [0, 0.05) is 36.7 Å². The van der Waals surface area contributed by atoms with E-state index in [1.165, 1.54) is 16.8 Å². The van der Waals surface area contributed by atoms with E-state index < -0.39 is 0 Å². The fourth-order valence-electron chi connectivity index (χ4n) is 3.68. The molecule has 0 radical (unpaired) electrons. The van der Waals surface area contributed by atoms with Crippen molar-refractivity contribution in [3.8, 4) is 0 Å². The van der Waals surface area contributed by atoms with Gasteiger partial charge in [-0.05, 0) is 37.0 Å². The Morgan fingerprint density at radius 1 is 1.33 bits per heavy atom. The smallest absolute Gasteiger partial charge is 0.240 e. The molecule has 2 heterocycles. The van der Waals surface area contributed by atoms with Gasteiger partial charge in [-0.3, -0.25) is 4.79 Å². The van der Waals surface area contributed by atoms with Crippen LogP contribution in [0.4, 0.5) is 5.69 Å². The summed E-state index contributed by atoms with van der Waals surface area (Å²) in [6.45, 7) is 1.71. The number of β-amino-alcohol motifs (C(OH)–C–C–N with tert-alkyl or cyclic N) is 1. The summed E-state index contributed by atoms with van der Waals surface area (Å²) in [5.41, 5.74) is 7.22. The predicted octanol–water partition coefficient (Wildman–Crippen LogP) is 1.04. The number of piperidine rings is 1. The van der Waals surface area contributed by atoms with Crippen LogP contribution in [-0.4, -0.2) is 35.9 Å². The molecule has 0 spiro atoms. The van der Waals surface area contributed by atoms with Crippen molar-refractivity contribution < 1.29 is 9.90 Å². The zero-order valence-corrected chi connectivity index (χ0v) is 11.9. The monoisotopic (exact) mass is 285 g/mol. The topological polar surface area (TPSA) is 64.9 Å². The normalized spacial score (nSPS) is 27.8. The third kappa shape index (κ3) is 2.21. The number of anilines is 1. The average Bonchev–Trinajstić information content (AvgIpc) is 2.83. The van der Waals surface area contributed by atoms with Gasteiger partial charge >= 0.3 is 0 Å². The van der Waals surface area contributed by atoms with Crippen molar-refractivity contribution in [2.24, 2.45) is 11.0 Å². The summed E-state index contributed by atoms with van der Waals surface area (Å²) in [7, 11) is 0. The van der Waals surface area contributed by atoms with Crippen molar-refractivity contribution in [3.63, 3.8) is 0 Å². The third-order valence-corrected chi connectivity index (χ3v) is 4.71. The van der Waals surface area contributed by atoms with Crippen molar-refractivity contribution in [2.75, 3.05) is 18.0 Å². The Balaban J connectivity index is 1.63. The highest BCUT2D eigenvalue weighted by molar-refractivity contribution is 6.09. The zero-order valence-electron chi connectivity index (χ0n) is 11.9. The van der Waals surface area contributed by atoms with Gasteiger partial charge in [-0.2, -0.15) is 5.10 Å². The van der Waals surface area contributed by atoms with E-state index in [-0.39, 0.29) is 17.9 Å². The molecular weight excluding hydrogens is 266 g/mol. The molecule has 21 heavy (non-hydrogen) atoms. The second-order valence-electron chi connectivity index (χ2n) is 6.22. The Morgan fingerprint density at radius 2 is 2.24 bits per heavy atom. The number of hydrogen-bond donors (Lipinski definition) is 2. The van der Waals surface area contributed by atoms with Crippen molar-refractivity contribution in [1.29, 1.82) is 0 Å². The number of nitrogens with zero attached hydrogens (tertiary/aromatic N) is 2. The van der Waals surface area contributed by atoms with Crippen molar-refractivity contribution in [3.05, 3.63) is 29.3 Å². The number of aliphatic hydroxyl groups is 1. The highest BCUT2D eigenvalue weighted by Gasteiger charge is 2.33. The van der Waals surface area contributed by atoms with Gasteiger partial charge in [-0.25, -0.2) is 5.43 Å². The zero-order chi connectivity index (χ0) is 14.4. The minimum Gasteiger partial charge on any atom is -0.391 e. The average molecular weight is 285 g/mol. The first-order chi connectivity index (χ1) is 10.2. The number of carbonyl (C=O) groups excluding carboxylic acids is 1. The van der Waals surface area contributed by atoms with Crippen LogP contribution in [0.5, 0.6) is 0 Å². The van der Waals surface area contributed by atoms with Gasteiger partial charge in [0.25, 0.3) is 0 Å². The molecule has 0 aromatic heterocycles. The second-order valence-corrected chi connectivity index (χ2v) is 6.22. The number of hydrazone groups is 1. The van der Waals surface area contributed by atoms with Gasteiger partial charge in [-0.15, -0.1) is 0 Å². The van der Waals surface area contributed by atoms with Crippen LogP contribution in [-0.2, 0) is 11.2 Å². The number of nitrogens with one attached hydrogen (secondary N) is 1. The van der Waals surface area contributed by atoms with Gasteiger partial charge in [0.1, 0.15) is 0 Å². The standard InChI is InChI=1S/C16H19N3O2/c20-13-2-1-5-19(9-13)12-3-4-14-10(7-12)6-11-8-15(21)17-18-16(11)14/h3-4,7,11,13,20H,1-2,5-6,8-9H2,(H,17,21). The van der Waals surface area contributed by atoms with Crippen LogP contribution < -0.4 is 10.3 Å². The lowest BCUT2D eigenvalue weighted by molar-refractivity contribution is -0.121. The second kappa shape index (κ2) is 4.84.